The Kier molecular flexibility index (Phi) is 16.4. The lowest BCUT2D eigenvalue weighted by Crippen LogP contribution is -2.21. The molecule has 3 nitrogen and oxygen atoms in total. The van der Waals surface area contributed by atoms with E-state index < -0.39 is 43.4 Å². The van der Waals surface area contributed by atoms with E-state index in [2.05, 4.69) is 68.3 Å². The van der Waals surface area contributed by atoms with E-state index >= 15 is 0 Å². The van der Waals surface area contributed by atoms with Crippen LogP contribution in [0.15, 0.2) is 166 Å². The van der Waals surface area contributed by atoms with Crippen molar-refractivity contribution in [1.82, 2.24) is 0 Å². The maximum atomic E-state index is 13.4. The molecule has 0 atom stereocenters. The first kappa shape index (κ1) is 51.7. The van der Waals surface area contributed by atoms with Crippen LogP contribution in [0, 0.1) is 0 Å². The van der Waals surface area contributed by atoms with Crippen LogP contribution in [0.5, 0.6) is 0 Å². The number of hydrogen-bond donors (Lipinski definition) is 0. The number of rotatable bonds is 4. The lowest BCUT2D eigenvalue weighted by atomic mass is 10.0. The third kappa shape index (κ3) is 13.5. The van der Waals surface area contributed by atoms with Crippen LogP contribution in [0.3, 0.4) is 0 Å². The molecule has 67 heavy (non-hydrogen) atoms. The second kappa shape index (κ2) is 21.3. The van der Waals surface area contributed by atoms with Gasteiger partial charge in [-0.1, -0.05) is 146 Å². The Morgan fingerprint density at radius 2 is 1.04 bits per heavy atom. The predicted octanol–water partition coefficient (Wildman–Crippen LogP) is 17.7. The van der Waals surface area contributed by atoms with Crippen molar-refractivity contribution in [3.8, 4) is 0 Å². The fourth-order valence-electron chi connectivity index (χ4n) is 6.99. The number of benzene rings is 6. The number of fused-ring (bicyclic) bond motifs is 5. The molecule has 0 bridgehead atoms. The molecule has 1 heterocycles. The molecular weight excluding hydrogens is 1100 g/mol. The first-order valence-electron chi connectivity index (χ1n) is 19.4. The normalized spacial score (nSPS) is 13.7. The quantitative estimate of drug-likeness (QED) is 0.0764. The molecule has 0 unspecified atom stereocenters. The summed E-state index contributed by atoms with van der Waals surface area (Å²) in [7, 11) is -7.88. The smallest absolute Gasteiger partial charge is 0.601 e. The minimum absolute atomic E-state index is 0.261. The van der Waals surface area contributed by atoms with Gasteiger partial charge in [-0.2, -0.15) is 26.3 Å². The van der Waals surface area contributed by atoms with Gasteiger partial charge in [0.2, 0.25) is 0 Å². The molecule has 0 saturated carbocycles. The van der Waals surface area contributed by atoms with Crippen molar-refractivity contribution in [3.05, 3.63) is 209 Å². The molecule has 2 aliphatic rings. The Morgan fingerprint density at radius 3 is 1.52 bits per heavy atom. The van der Waals surface area contributed by atoms with Crippen molar-refractivity contribution in [2.45, 2.75) is 30.0 Å². The Labute approximate surface area is 408 Å². The highest BCUT2D eigenvalue weighted by Gasteiger charge is 2.47. The molecule has 6 aromatic carbocycles. The van der Waals surface area contributed by atoms with E-state index in [1.165, 1.54) is 28.3 Å². The van der Waals surface area contributed by atoms with Gasteiger partial charge in [-0.25, -0.2) is 8.42 Å². The van der Waals surface area contributed by atoms with Crippen LogP contribution >= 0.6 is 65.5 Å². The number of hydrogen-bond acceptors (Lipinski definition) is 3. The third-order valence-corrected chi connectivity index (χ3v) is 14.0. The highest BCUT2D eigenvalue weighted by atomic mass is 79.9. The maximum Gasteiger partial charge on any atom is 0.601 e. The van der Waals surface area contributed by atoms with Gasteiger partial charge in [-0.05, 0) is 130 Å². The minimum atomic E-state index is -6.09. The molecule has 0 aliphatic heterocycles. The molecule has 9 rings (SSSR count). The lowest BCUT2D eigenvalue weighted by Gasteiger charge is -2.11. The van der Waals surface area contributed by atoms with Crippen molar-refractivity contribution < 1.29 is 52.5 Å². The van der Waals surface area contributed by atoms with E-state index in [0.717, 1.165) is 26.0 Å². The minimum Gasteiger partial charge on any atom is -0.741 e. The van der Waals surface area contributed by atoms with Gasteiger partial charge >= 0.3 is 17.2 Å². The van der Waals surface area contributed by atoms with Gasteiger partial charge in [0.25, 0.3) is 0 Å². The van der Waals surface area contributed by atoms with Crippen LogP contribution in [0.2, 0.25) is 10.0 Å². The summed E-state index contributed by atoms with van der Waals surface area (Å²) in [4.78, 5) is 0. The van der Waals surface area contributed by atoms with Crippen molar-refractivity contribution >= 4 is 120 Å². The van der Waals surface area contributed by atoms with Gasteiger partial charge in [-0.15, -0.1) is 13.2 Å². The van der Waals surface area contributed by atoms with Crippen LogP contribution in [0.4, 0.5) is 39.5 Å². The molecule has 0 N–H and O–H groups in total. The van der Waals surface area contributed by atoms with E-state index in [4.69, 9.17) is 36.2 Å². The fraction of sp³-hybridized carbons (Fsp3) is 0.102. The topological polar surface area (TPSA) is 57.2 Å². The SMILES string of the molecule is Clc1ccc(/C=C/C2=Cc3ccc(Br)cc3C2)cc1.FC(F)(F)C1=C(/C=C/c2ccc(Cl)cc2)Cc2cc(Br)ccc21.FC(F)(F)[s+]1c2ccccc2c2ccccc21.O=S(=O)([O-])C(F)(F)F. The lowest BCUT2D eigenvalue weighted by molar-refractivity contribution is -0.0863. The van der Waals surface area contributed by atoms with Crippen LogP contribution in [0.1, 0.15) is 33.4 Å². The number of thiophene rings is 1. The average molecular weight is 1130 g/mol. The van der Waals surface area contributed by atoms with Gasteiger partial charge in [0.05, 0.1) is 5.57 Å². The third-order valence-electron chi connectivity index (χ3n) is 9.89. The van der Waals surface area contributed by atoms with Gasteiger partial charge in [0.1, 0.15) is 10.5 Å². The Hall–Kier alpha value is -4.68. The molecule has 2 aliphatic carbocycles. The summed E-state index contributed by atoms with van der Waals surface area (Å²) in [6, 6.07) is 39.7. The van der Waals surface area contributed by atoms with Crippen molar-refractivity contribution in [3.63, 3.8) is 0 Å². The summed E-state index contributed by atoms with van der Waals surface area (Å²) in [5.74, 6) is 0. The highest BCUT2D eigenvalue weighted by Crippen LogP contribution is 2.53. The van der Waals surface area contributed by atoms with E-state index in [0.29, 0.717) is 30.8 Å². The summed E-state index contributed by atoms with van der Waals surface area (Å²) in [5, 5.41) is 2.79. The summed E-state index contributed by atoms with van der Waals surface area (Å²) in [6.07, 6.45) is 6.66. The maximum absolute atomic E-state index is 13.4. The molecular formula is C49H31Br2Cl2F9O3S2. The van der Waals surface area contributed by atoms with Crippen LogP contribution in [-0.2, 0) is 28.5 Å². The Morgan fingerprint density at radius 1 is 0.582 bits per heavy atom. The molecule has 18 heteroatoms. The second-order valence-corrected chi connectivity index (χ2v) is 20.6. The van der Waals surface area contributed by atoms with Gasteiger partial charge in [0, 0.05) is 29.8 Å². The van der Waals surface area contributed by atoms with Crippen LogP contribution in [0.25, 0.3) is 44.0 Å². The second-order valence-electron chi connectivity index (χ2n) is 14.5. The zero-order chi connectivity index (χ0) is 48.9. The first-order chi connectivity index (χ1) is 31.4. The molecule has 1 aromatic heterocycles. The van der Waals surface area contributed by atoms with Gasteiger partial charge in [0.15, 0.2) is 19.5 Å². The molecule has 0 amide bonds. The van der Waals surface area contributed by atoms with Crippen LogP contribution in [-0.4, -0.2) is 24.7 Å². The standard InChI is InChI=1S/C18H11BrClF3.C17H12BrCl.C13H8F3S.CHF3O3S/c19-14-5-8-16-13(10-14)9-12(17(16)18(21,22)23)4-1-11-2-6-15(20)7-3-11;18-16-6-5-14-9-13(10-15(14)11-16)2-1-12-3-7-17(19)8-4-12;14-13(15,16)17-11-7-3-1-5-9(11)10-6-2-4-8-12(10)17;2-1(3,4)8(5,6)7/h1-8,10H,9H2;1-9,11H,10H2;1-8H;(H,5,6,7)/q;;+1;/p-1/b4-1+;2-1+;;. The molecule has 0 saturated heterocycles. The van der Waals surface area contributed by atoms with E-state index in [-0.39, 0.29) is 17.6 Å². The summed E-state index contributed by atoms with van der Waals surface area (Å²) >= 11 is 18.5. The molecule has 0 radical (unpaired) electrons. The molecule has 348 valence electrons. The van der Waals surface area contributed by atoms with E-state index in [1.807, 2.05) is 24.3 Å². The van der Waals surface area contributed by atoms with Crippen LogP contribution < -0.4 is 0 Å². The summed E-state index contributed by atoms with van der Waals surface area (Å²) < 4.78 is 141. The molecule has 0 fully saturated rings. The Bertz CT molecular complexity index is 3100. The van der Waals surface area contributed by atoms with E-state index in [1.54, 1.807) is 97.1 Å². The number of alkyl halides is 9. The zero-order valence-corrected chi connectivity index (χ0v) is 40.3. The highest BCUT2D eigenvalue weighted by molar-refractivity contribution is 9.10. The average Bonchev–Trinajstić information content (AvgIpc) is 3.94. The zero-order valence-electron chi connectivity index (χ0n) is 34.0. The van der Waals surface area contributed by atoms with E-state index in [9.17, 15) is 39.5 Å². The van der Waals surface area contributed by atoms with Crippen molar-refractivity contribution in [1.29, 1.82) is 0 Å². The van der Waals surface area contributed by atoms with Crippen molar-refractivity contribution in [2.75, 3.05) is 0 Å². The molecule has 0 spiro atoms. The molecule has 7 aromatic rings. The van der Waals surface area contributed by atoms with Gasteiger partial charge in [-0.3, -0.25) is 0 Å². The number of allylic oxidation sites excluding steroid dienone is 5. The van der Waals surface area contributed by atoms with Gasteiger partial charge < -0.3 is 4.55 Å². The first-order valence-corrected chi connectivity index (χ1v) is 24.3. The number of halogens is 13. The predicted molar refractivity (Wildman–Crippen MR) is 259 cm³/mol. The Balaban J connectivity index is 0.000000155. The monoisotopic (exact) mass is 1130 g/mol. The summed E-state index contributed by atoms with van der Waals surface area (Å²) in [5.41, 5.74) is -3.17. The largest absolute Gasteiger partial charge is 0.741 e. The summed E-state index contributed by atoms with van der Waals surface area (Å²) in [6.45, 7) is 0. The van der Waals surface area contributed by atoms with Crippen molar-refractivity contribution in [2.24, 2.45) is 0 Å². The fourth-order valence-corrected chi connectivity index (χ4v) is 10.0.